The van der Waals surface area contributed by atoms with E-state index < -0.39 is 18.0 Å². The largest absolute Gasteiger partial charge is 0.480 e. The number of carbonyl (C=O) groups excluding carboxylic acids is 2. The van der Waals surface area contributed by atoms with Crippen molar-refractivity contribution in [2.45, 2.75) is 19.4 Å². The van der Waals surface area contributed by atoms with Crippen molar-refractivity contribution in [1.29, 1.82) is 0 Å². The van der Waals surface area contributed by atoms with Gasteiger partial charge in [-0.05, 0) is 6.92 Å². The fraction of sp³-hybridized carbons (Fsp3) is 0.455. The molecule has 16 heavy (non-hydrogen) atoms. The van der Waals surface area contributed by atoms with E-state index in [0.717, 1.165) is 0 Å². The zero-order valence-electron chi connectivity index (χ0n) is 9.15. The van der Waals surface area contributed by atoms with Gasteiger partial charge in [0, 0.05) is 12.0 Å². The third kappa shape index (κ3) is 3.42. The van der Waals surface area contributed by atoms with Gasteiger partial charge in [-0.1, -0.05) is 13.2 Å². The predicted molar refractivity (Wildman–Crippen MR) is 55.4 cm³/mol. The number of rotatable bonds is 5. The lowest BCUT2D eigenvalue weighted by Gasteiger charge is -2.12. The van der Waals surface area contributed by atoms with Crippen LogP contribution in [-0.4, -0.2) is 31.3 Å². The lowest BCUT2D eigenvalue weighted by atomic mass is 10.3. The van der Waals surface area contributed by atoms with Gasteiger partial charge in [0.2, 0.25) is 0 Å². The minimum atomic E-state index is -0.629. The quantitative estimate of drug-likeness (QED) is 0.397. The molecule has 0 aromatic carbocycles. The number of esters is 2. The van der Waals surface area contributed by atoms with Gasteiger partial charge in [-0.25, -0.2) is 9.59 Å². The highest BCUT2D eigenvalue weighted by Crippen LogP contribution is 2.13. The highest BCUT2D eigenvalue weighted by Gasteiger charge is 2.28. The highest BCUT2D eigenvalue weighted by atomic mass is 16.6. The first-order valence-corrected chi connectivity index (χ1v) is 4.84. The van der Waals surface area contributed by atoms with E-state index in [1.165, 1.54) is 0 Å². The van der Waals surface area contributed by atoms with Crippen molar-refractivity contribution >= 4 is 11.9 Å². The minimum Gasteiger partial charge on any atom is -0.480 e. The SMILES string of the molecule is C=C(COC(=O)C(=C)C)OC1CCOC1=O. The molecule has 88 valence electrons. The number of carbonyl (C=O) groups is 2. The van der Waals surface area contributed by atoms with Crippen LogP contribution in [0.1, 0.15) is 13.3 Å². The summed E-state index contributed by atoms with van der Waals surface area (Å²) in [7, 11) is 0. The fourth-order valence-corrected chi connectivity index (χ4v) is 1.09. The zero-order valence-corrected chi connectivity index (χ0v) is 9.15. The van der Waals surface area contributed by atoms with Crippen molar-refractivity contribution in [3.8, 4) is 0 Å². The Hall–Kier alpha value is -1.78. The Morgan fingerprint density at radius 3 is 2.75 bits per heavy atom. The molecule has 0 amide bonds. The van der Waals surface area contributed by atoms with Gasteiger partial charge >= 0.3 is 11.9 Å². The van der Waals surface area contributed by atoms with E-state index >= 15 is 0 Å². The molecule has 1 aliphatic heterocycles. The summed E-state index contributed by atoms with van der Waals surface area (Å²) in [6, 6.07) is 0. The van der Waals surface area contributed by atoms with Crippen LogP contribution >= 0.6 is 0 Å². The molecule has 0 aliphatic carbocycles. The van der Waals surface area contributed by atoms with Crippen LogP contribution in [0, 0.1) is 0 Å². The van der Waals surface area contributed by atoms with Crippen LogP contribution in [0.15, 0.2) is 24.5 Å². The van der Waals surface area contributed by atoms with Crippen molar-refractivity contribution in [3.63, 3.8) is 0 Å². The molecule has 1 rings (SSSR count). The monoisotopic (exact) mass is 226 g/mol. The van der Waals surface area contributed by atoms with E-state index in [-0.39, 0.29) is 12.4 Å². The average Bonchev–Trinajstić information content (AvgIpc) is 2.60. The molecule has 1 saturated heterocycles. The molecule has 0 saturated carbocycles. The second kappa shape index (κ2) is 5.34. The van der Waals surface area contributed by atoms with Crippen LogP contribution in [0.2, 0.25) is 0 Å². The van der Waals surface area contributed by atoms with Gasteiger partial charge in [0.15, 0.2) is 6.10 Å². The Labute approximate surface area is 93.7 Å². The number of hydrogen-bond acceptors (Lipinski definition) is 5. The molecular weight excluding hydrogens is 212 g/mol. The first-order valence-electron chi connectivity index (χ1n) is 4.84. The summed E-state index contributed by atoms with van der Waals surface area (Å²) in [4.78, 5) is 22.1. The van der Waals surface area contributed by atoms with E-state index in [9.17, 15) is 9.59 Å². The summed E-state index contributed by atoms with van der Waals surface area (Å²) < 4.78 is 14.7. The van der Waals surface area contributed by atoms with Crippen LogP contribution in [-0.2, 0) is 23.8 Å². The third-order valence-electron chi connectivity index (χ3n) is 1.91. The Kier molecular flexibility index (Phi) is 4.10. The van der Waals surface area contributed by atoms with E-state index in [0.29, 0.717) is 18.6 Å². The maximum Gasteiger partial charge on any atom is 0.347 e. The minimum absolute atomic E-state index is 0.0878. The number of cyclic esters (lactones) is 1. The molecule has 0 bridgehead atoms. The first-order chi connectivity index (χ1) is 7.50. The van der Waals surface area contributed by atoms with Crippen molar-refractivity contribution < 1.29 is 23.8 Å². The molecular formula is C11H14O5. The van der Waals surface area contributed by atoms with Gasteiger partial charge in [0.05, 0.1) is 6.61 Å². The summed E-state index contributed by atoms with van der Waals surface area (Å²) in [5, 5.41) is 0. The topological polar surface area (TPSA) is 61.8 Å². The van der Waals surface area contributed by atoms with Gasteiger partial charge in [-0.3, -0.25) is 0 Å². The Bertz CT molecular complexity index is 331. The van der Waals surface area contributed by atoms with Gasteiger partial charge in [-0.2, -0.15) is 0 Å². The maximum absolute atomic E-state index is 11.0. The lowest BCUT2D eigenvalue weighted by molar-refractivity contribution is -0.146. The predicted octanol–water partition coefficient (Wildman–Crippen LogP) is 0.952. The van der Waals surface area contributed by atoms with Gasteiger partial charge in [0.1, 0.15) is 12.4 Å². The van der Waals surface area contributed by atoms with E-state index in [2.05, 4.69) is 13.2 Å². The molecule has 0 radical (unpaired) electrons. The summed E-state index contributed by atoms with van der Waals surface area (Å²) in [5.74, 6) is -0.704. The summed E-state index contributed by atoms with van der Waals surface area (Å²) in [5.41, 5.74) is 0.299. The van der Waals surface area contributed by atoms with Crippen LogP contribution in [0.5, 0.6) is 0 Å². The van der Waals surface area contributed by atoms with Crippen molar-refractivity contribution in [2.75, 3.05) is 13.2 Å². The van der Waals surface area contributed by atoms with Crippen molar-refractivity contribution in [2.24, 2.45) is 0 Å². The lowest BCUT2D eigenvalue weighted by Crippen LogP contribution is -2.20. The van der Waals surface area contributed by atoms with E-state index in [1.54, 1.807) is 6.92 Å². The Balaban J connectivity index is 2.28. The average molecular weight is 226 g/mol. The third-order valence-corrected chi connectivity index (χ3v) is 1.91. The molecule has 1 unspecified atom stereocenters. The van der Waals surface area contributed by atoms with Crippen LogP contribution in [0.4, 0.5) is 0 Å². The molecule has 1 atom stereocenters. The normalized spacial score (nSPS) is 18.8. The van der Waals surface area contributed by atoms with Crippen molar-refractivity contribution in [3.05, 3.63) is 24.5 Å². The molecule has 1 aliphatic rings. The van der Waals surface area contributed by atoms with Crippen LogP contribution in [0.25, 0.3) is 0 Å². The van der Waals surface area contributed by atoms with Crippen LogP contribution < -0.4 is 0 Å². The van der Waals surface area contributed by atoms with Gasteiger partial charge in [0.25, 0.3) is 0 Å². The van der Waals surface area contributed by atoms with Gasteiger partial charge in [-0.15, -0.1) is 0 Å². The summed E-state index contributed by atoms with van der Waals surface area (Å²) in [6.45, 7) is 8.78. The molecule has 0 aromatic rings. The smallest absolute Gasteiger partial charge is 0.347 e. The number of ether oxygens (including phenoxy) is 3. The number of hydrogen-bond donors (Lipinski definition) is 0. The molecule has 0 spiro atoms. The molecule has 5 heteroatoms. The second-order valence-electron chi connectivity index (χ2n) is 3.46. The van der Waals surface area contributed by atoms with Crippen molar-refractivity contribution in [1.82, 2.24) is 0 Å². The summed E-state index contributed by atoms with van der Waals surface area (Å²) in [6.07, 6.45) is -0.136. The first kappa shape index (κ1) is 12.3. The molecule has 1 fully saturated rings. The molecule has 0 aromatic heterocycles. The van der Waals surface area contributed by atoms with Gasteiger partial charge < -0.3 is 14.2 Å². The summed E-state index contributed by atoms with van der Waals surface area (Å²) >= 11 is 0. The maximum atomic E-state index is 11.0. The Morgan fingerprint density at radius 2 is 2.25 bits per heavy atom. The standard InChI is InChI=1S/C11H14O5/c1-7(2)10(12)15-6-8(3)16-9-4-5-14-11(9)13/h9H,1,3-6H2,2H3. The van der Waals surface area contributed by atoms with E-state index in [4.69, 9.17) is 14.2 Å². The van der Waals surface area contributed by atoms with Crippen LogP contribution in [0.3, 0.4) is 0 Å². The highest BCUT2D eigenvalue weighted by molar-refractivity contribution is 5.87. The molecule has 1 heterocycles. The zero-order chi connectivity index (χ0) is 12.1. The van der Waals surface area contributed by atoms with E-state index in [1.807, 2.05) is 0 Å². The fourth-order valence-electron chi connectivity index (χ4n) is 1.09. The second-order valence-corrected chi connectivity index (χ2v) is 3.46. The molecule has 0 N–H and O–H groups in total. The Morgan fingerprint density at radius 1 is 1.56 bits per heavy atom. The molecule has 5 nitrogen and oxygen atoms in total.